The summed E-state index contributed by atoms with van der Waals surface area (Å²) in [6.45, 7) is 8.26. The van der Waals surface area contributed by atoms with Crippen LogP contribution in [0.5, 0.6) is 0 Å². The predicted octanol–water partition coefficient (Wildman–Crippen LogP) is 2.60. The van der Waals surface area contributed by atoms with Crippen LogP contribution < -0.4 is 10.7 Å². The summed E-state index contributed by atoms with van der Waals surface area (Å²) in [5.74, 6) is 1.02. The third-order valence-corrected chi connectivity index (χ3v) is 6.39. The van der Waals surface area contributed by atoms with Gasteiger partial charge >= 0.3 is 0 Å². The van der Waals surface area contributed by atoms with Crippen LogP contribution in [-0.4, -0.2) is 52.2 Å². The molecule has 1 aromatic rings. The number of nitrogens with zero attached hydrogens (tertiary/aromatic N) is 3. The van der Waals surface area contributed by atoms with Gasteiger partial charge in [0.15, 0.2) is 6.17 Å². The fourth-order valence-electron chi connectivity index (χ4n) is 4.98. The molecular weight excluding hydrogens is 366 g/mol. The van der Waals surface area contributed by atoms with Crippen LogP contribution in [0.25, 0.3) is 0 Å². The number of hydrogen-bond donors (Lipinski definition) is 2. The van der Waals surface area contributed by atoms with Crippen molar-refractivity contribution >= 4 is 23.3 Å². The maximum absolute atomic E-state index is 13.3. The molecular formula is C22H31N5O2. The van der Waals surface area contributed by atoms with Crippen molar-refractivity contribution in [2.45, 2.75) is 71.6 Å². The molecule has 1 aliphatic carbocycles. The molecule has 7 heteroatoms. The van der Waals surface area contributed by atoms with Gasteiger partial charge in [-0.25, -0.2) is 0 Å². The van der Waals surface area contributed by atoms with E-state index >= 15 is 0 Å². The van der Waals surface area contributed by atoms with Gasteiger partial charge in [-0.1, -0.05) is 44.9 Å². The molecule has 0 bridgehead atoms. The molecule has 3 atom stereocenters. The zero-order valence-electron chi connectivity index (χ0n) is 17.7. The number of hydrazone groups is 1. The van der Waals surface area contributed by atoms with E-state index in [0.717, 1.165) is 48.3 Å². The van der Waals surface area contributed by atoms with Gasteiger partial charge in [0, 0.05) is 11.6 Å². The number of benzene rings is 1. The predicted molar refractivity (Wildman–Crippen MR) is 113 cm³/mol. The number of aryl methyl sites for hydroxylation is 2. The first kappa shape index (κ1) is 19.7. The Hall–Kier alpha value is -2.57. The number of rotatable bonds is 4. The minimum absolute atomic E-state index is 0.0517. The Balaban J connectivity index is 1.55. The Kier molecular flexibility index (Phi) is 5.23. The van der Waals surface area contributed by atoms with E-state index in [-0.39, 0.29) is 36.4 Å². The van der Waals surface area contributed by atoms with Gasteiger partial charge in [-0.2, -0.15) is 5.10 Å². The van der Waals surface area contributed by atoms with Crippen LogP contribution in [0.15, 0.2) is 23.3 Å². The van der Waals surface area contributed by atoms with Gasteiger partial charge in [-0.05, 0) is 37.8 Å². The lowest BCUT2D eigenvalue weighted by molar-refractivity contribution is -0.151. The highest BCUT2D eigenvalue weighted by Crippen LogP contribution is 2.35. The summed E-state index contributed by atoms with van der Waals surface area (Å²) in [4.78, 5) is 30.2. The Morgan fingerprint density at radius 1 is 1.21 bits per heavy atom. The summed E-state index contributed by atoms with van der Waals surface area (Å²) >= 11 is 0. The average Bonchev–Trinajstić information content (AvgIpc) is 3.14. The first-order valence-corrected chi connectivity index (χ1v) is 10.7. The van der Waals surface area contributed by atoms with Gasteiger partial charge in [0.05, 0.1) is 12.1 Å². The molecule has 4 rings (SSSR count). The summed E-state index contributed by atoms with van der Waals surface area (Å²) in [6, 6.07) is 6.22. The van der Waals surface area contributed by atoms with Crippen LogP contribution in [0.1, 0.15) is 50.7 Å². The van der Waals surface area contributed by atoms with E-state index in [1.54, 1.807) is 4.90 Å². The molecule has 2 fully saturated rings. The third kappa shape index (κ3) is 3.47. The van der Waals surface area contributed by atoms with E-state index in [9.17, 15) is 9.59 Å². The van der Waals surface area contributed by atoms with Gasteiger partial charge < -0.3 is 15.1 Å². The topological polar surface area (TPSA) is 77.0 Å². The second kappa shape index (κ2) is 7.69. The van der Waals surface area contributed by atoms with Crippen molar-refractivity contribution in [2.24, 2.45) is 11.0 Å². The van der Waals surface area contributed by atoms with E-state index in [1.807, 2.05) is 32.0 Å². The number of amides is 2. The lowest BCUT2D eigenvalue weighted by Crippen LogP contribution is -2.70. The molecule has 2 amide bonds. The Labute approximate surface area is 172 Å². The zero-order chi connectivity index (χ0) is 20.7. The average molecular weight is 398 g/mol. The van der Waals surface area contributed by atoms with Crippen molar-refractivity contribution < 1.29 is 9.59 Å². The van der Waals surface area contributed by atoms with Crippen molar-refractivity contribution in [1.82, 2.24) is 15.2 Å². The molecule has 7 nitrogen and oxygen atoms in total. The highest BCUT2D eigenvalue weighted by atomic mass is 16.2. The fraction of sp³-hybridized carbons (Fsp3) is 0.591. The van der Waals surface area contributed by atoms with E-state index in [1.165, 1.54) is 0 Å². The standard InChI is InChI=1S/C22H31N5O2/c1-13(2)20-24-25-21-22(29)26(16-10-5-6-11-17(16)27(20)21)12-18(28)23-19-14(3)8-7-9-15(19)4/h7-9,13,16-17,21,25H,5-6,10-12H2,1-4H3,(H,23,28). The van der Waals surface area contributed by atoms with Crippen molar-refractivity contribution in [3.05, 3.63) is 29.3 Å². The molecule has 0 spiro atoms. The number of anilines is 1. The highest BCUT2D eigenvalue weighted by Gasteiger charge is 2.51. The van der Waals surface area contributed by atoms with Gasteiger partial charge in [0.1, 0.15) is 12.4 Å². The number of fused-ring (bicyclic) bond motifs is 3. The summed E-state index contributed by atoms with van der Waals surface area (Å²) in [5, 5.41) is 7.50. The molecule has 0 aromatic heterocycles. The lowest BCUT2D eigenvalue weighted by Gasteiger charge is -2.51. The van der Waals surface area contributed by atoms with E-state index in [4.69, 9.17) is 0 Å². The molecule has 3 aliphatic rings. The van der Waals surface area contributed by atoms with Crippen LogP contribution in [0.4, 0.5) is 5.69 Å². The molecule has 1 aromatic carbocycles. The van der Waals surface area contributed by atoms with Crippen molar-refractivity contribution in [2.75, 3.05) is 11.9 Å². The quantitative estimate of drug-likeness (QED) is 0.819. The van der Waals surface area contributed by atoms with Crippen molar-refractivity contribution in [1.29, 1.82) is 0 Å². The van der Waals surface area contributed by atoms with Crippen LogP contribution >= 0.6 is 0 Å². The number of nitrogens with one attached hydrogen (secondary N) is 2. The van der Waals surface area contributed by atoms with Crippen molar-refractivity contribution in [3.8, 4) is 0 Å². The van der Waals surface area contributed by atoms with Gasteiger partial charge in [0.2, 0.25) is 5.91 Å². The zero-order valence-corrected chi connectivity index (χ0v) is 17.7. The van der Waals surface area contributed by atoms with E-state index < -0.39 is 6.17 Å². The maximum Gasteiger partial charge on any atom is 0.268 e. The Bertz CT molecular complexity index is 829. The molecule has 0 radical (unpaired) electrons. The number of hydrogen-bond acceptors (Lipinski definition) is 5. The fourth-order valence-corrected chi connectivity index (χ4v) is 4.98. The molecule has 1 saturated heterocycles. The number of amidine groups is 1. The number of piperazine rings is 1. The maximum atomic E-state index is 13.3. The Morgan fingerprint density at radius 3 is 2.52 bits per heavy atom. The second-order valence-electron chi connectivity index (χ2n) is 8.76. The van der Waals surface area contributed by atoms with E-state index in [0.29, 0.717) is 0 Å². The summed E-state index contributed by atoms with van der Waals surface area (Å²) < 4.78 is 0. The Morgan fingerprint density at radius 2 is 1.86 bits per heavy atom. The number of carbonyl (C=O) groups is 2. The second-order valence-corrected chi connectivity index (χ2v) is 8.76. The first-order chi connectivity index (χ1) is 13.9. The largest absolute Gasteiger partial charge is 0.325 e. The van der Waals surface area contributed by atoms with Crippen LogP contribution in [0.2, 0.25) is 0 Å². The molecule has 1 saturated carbocycles. The minimum atomic E-state index is -0.486. The molecule has 29 heavy (non-hydrogen) atoms. The first-order valence-electron chi connectivity index (χ1n) is 10.7. The molecule has 2 N–H and O–H groups in total. The van der Waals surface area contributed by atoms with E-state index in [2.05, 4.69) is 34.6 Å². The smallest absolute Gasteiger partial charge is 0.268 e. The van der Waals surface area contributed by atoms with Gasteiger partial charge in [0.25, 0.3) is 5.91 Å². The molecule has 2 heterocycles. The van der Waals surface area contributed by atoms with Crippen LogP contribution in [-0.2, 0) is 9.59 Å². The van der Waals surface area contributed by atoms with Crippen LogP contribution in [0.3, 0.4) is 0 Å². The van der Waals surface area contributed by atoms with Crippen molar-refractivity contribution in [3.63, 3.8) is 0 Å². The van der Waals surface area contributed by atoms with Gasteiger partial charge in [-0.3, -0.25) is 15.0 Å². The minimum Gasteiger partial charge on any atom is -0.325 e. The summed E-state index contributed by atoms with van der Waals surface area (Å²) in [5.41, 5.74) is 5.93. The molecule has 156 valence electrons. The van der Waals surface area contributed by atoms with Crippen LogP contribution in [0, 0.1) is 19.8 Å². The third-order valence-electron chi connectivity index (χ3n) is 6.39. The summed E-state index contributed by atoms with van der Waals surface area (Å²) in [6.07, 6.45) is 3.70. The lowest BCUT2D eigenvalue weighted by atomic mass is 9.85. The molecule has 2 aliphatic heterocycles. The highest BCUT2D eigenvalue weighted by molar-refractivity contribution is 5.99. The number of para-hydroxylation sites is 1. The molecule has 3 unspecified atom stereocenters. The monoisotopic (exact) mass is 397 g/mol. The summed E-state index contributed by atoms with van der Waals surface area (Å²) in [7, 11) is 0. The number of carbonyl (C=O) groups excluding carboxylic acids is 2. The normalized spacial score (nSPS) is 26.0. The SMILES string of the molecule is Cc1cccc(C)c1NC(=O)CN1C(=O)C2NN=C(C(C)C)N2C2CCCCC21. The van der Waals surface area contributed by atoms with Gasteiger partial charge in [-0.15, -0.1) is 0 Å².